The average Bonchev–Trinajstić information content (AvgIpc) is 2.48. The van der Waals surface area contributed by atoms with Crippen LogP contribution in [0.15, 0.2) is 48.7 Å². The maximum absolute atomic E-state index is 6.29. The van der Waals surface area contributed by atoms with Crippen LogP contribution < -0.4 is 5.73 Å². The van der Waals surface area contributed by atoms with Gasteiger partial charge < -0.3 is 5.73 Å². The molecule has 3 aromatic rings. The van der Waals surface area contributed by atoms with Gasteiger partial charge in [-0.15, -0.1) is 0 Å². The van der Waals surface area contributed by atoms with E-state index in [9.17, 15) is 0 Å². The third-order valence-corrected chi connectivity index (χ3v) is 3.95. The van der Waals surface area contributed by atoms with Gasteiger partial charge in [-0.2, -0.15) is 0 Å². The number of aromatic nitrogens is 2. The van der Waals surface area contributed by atoms with Crippen LogP contribution in [-0.2, 0) is 0 Å². The smallest absolute Gasteiger partial charge is 0.220 e. The van der Waals surface area contributed by atoms with Crippen LogP contribution >= 0.6 is 34.8 Å². The standard InChI is InChI=1S/C16H10Cl3N3/c17-10-3-1-9(2-4-10)13-8-21-16(20)22-15(13)12-6-5-11(18)7-14(12)19/h1-8H,(H2,20,21,22). The quantitative estimate of drug-likeness (QED) is 0.677. The number of nitrogens with two attached hydrogens (primary N) is 1. The van der Waals surface area contributed by atoms with Crippen LogP contribution in [0.5, 0.6) is 0 Å². The molecule has 22 heavy (non-hydrogen) atoms. The third kappa shape index (κ3) is 3.02. The maximum atomic E-state index is 6.29. The molecule has 0 unspecified atom stereocenters. The van der Waals surface area contributed by atoms with Crippen molar-refractivity contribution in [1.82, 2.24) is 9.97 Å². The first-order valence-corrected chi connectivity index (χ1v) is 7.52. The molecule has 0 aliphatic carbocycles. The van der Waals surface area contributed by atoms with Gasteiger partial charge in [0, 0.05) is 27.4 Å². The lowest BCUT2D eigenvalue weighted by atomic mass is 10.0. The normalized spacial score (nSPS) is 10.7. The number of hydrogen-bond acceptors (Lipinski definition) is 3. The lowest BCUT2D eigenvalue weighted by Crippen LogP contribution is -1.99. The zero-order valence-electron chi connectivity index (χ0n) is 11.2. The van der Waals surface area contributed by atoms with Gasteiger partial charge in [-0.3, -0.25) is 0 Å². The van der Waals surface area contributed by atoms with Gasteiger partial charge in [0.25, 0.3) is 0 Å². The highest BCUT2D eigenvalue weighted by Gasteiger charge is 2.14. The average molecular weight is 351 g/mol. The predicted octanol–water partition coefficient (Wildman–Crippen LogP) is 5.35. The van der Waals surface area contributed by atoms with Crippen molar-refractivity contribution in [3.8, 4) is 22.4 Å². The molecule has 0 radical (unpaired) electrons. The highest BCUT2D eigenvalue weighted by Crippen LogP contribution is 2.36. The molecular weight excluding hydrogens is 341 g/mol. The minimum atomic E-state index is 0.179. The summed E-state index contributed by atoms with van der Waals surface area (Å²) in [5, 5.41) is 1.72. The molecule has 6 heteroatoms. The monoisotopic (exact) mass is 349 g/mol. The molecule has 1 aromatic heterocycles. The Labute approximate surface area is 142 Å². The summed E-state index contributed by atoms with van der Waals surface area (Å²) in [4.78, 5) is 8.41. The molecule has 3 rings (SSSR count). The highest BCUT2D eigenvalue weighted by atomic mass is 35.5. The third-order valence-electron chi connectivity index (χ3n) is 3.15. The van der Waals surface area contributed by atoms with E-state index in [1.54, 1.807) is 30.5 Å². The minimum Gasteiger partial charge on any atom is -0.368 e. The molecular formula is C16H10Cl3N3. The van der Waals surface area contributed by atoms with Crippen molar-refractivity contribution in [3.63, 3.8) is 0 Å². The van der Waals surface area contributed by atoms with Crippen LogP contribution in [0.25, 0.3) is 22.4 Å². The van der Waals surface area contributed by atoms with Crippen molar-refractivity contribution in [2.75, 3.05) is 5.73 Å². The van der Waals surface area contributed by atoms with Gasteiger partial charge in [-0.05, 0) is 35.9 Å². The fourth-order valence-electron chi connectivity index (χ4n) is 2.12. The Morgan fingerprint density at radius 1 is 0.818 bits per heavy atom. The van der Waals surface area contributed by atoms with Crippen molar-refractivity contribution < 1.29 is 0 Å². The summed E-state index contributed by atoms with van der Waals surface area (Å²) in [7, 11) is 0. The van der Waals surface area contributed by atoms with E-state index in [2.05, 4.69) is 9.97 Å². The van der Waals surface area contributed by atoms with Gasteiger partial charge >= 0.3 is 0 Å². The molecule has 0 amide bonds. The number of nitrogens with zero attached hydrogens (tertiary/aromatic N) is 2. The van der Waals surface area contributed by atoms with Crippen molar-refractivity contribution >= 4 is 40.8 Å². The van der Waals surface area contributed by atoms with Crippen molar-refractivity contribution in [2.24, 2.45) is 0 Å². The summed E-state index contributed by atoms with van der Waals surface area (Å²) in [6.07, 6.45) is 1.67. The number of anilines is 1. The zero-order valence-corrected chi connectivity index (χ0v) is 13.5. The van der Waals surface area contributed by atoms with Gasteiger partial charge in [-0.25, -0.2) is 9.97 Å². The maximum Gasteiger partial charge on any atom is 0.220 e. The molecule has 3 nitrogen and oxygen atoms in total. The second-order valence-electron chi connectivity index (χ2n) is 4.62. The van der Waals surface area contributed by atoms with E-state index in [1.807, 2.05) is 18.2 Å². The van der Waals surface area contributed by atoms with E-state index in [0.717, 1.165) is 16.7 Å². The van der Waals surface area contributed by atoms with Gasteiger partial charge in [0.1, 0.15) is 0 Å². The number of hydrogen-bond donors (Lipinski definition) is 1. The van der Waals surface area contributed by atoms with E-state index >= 15 is 0 Å². The van der Waals surface area contributed by atoms with Gasteiger partial charge in [0.2, 0.25) is 5.95 Å². The summed E-state index contributed by atoms with van der Waals surface area (Å²) in [6, 6.07) is 12.6. The Morgan fingerprint density at radius 3 is 2.18 bits per heavy atom. The largest absolute Gasteiger partial charge is 0.368 e. The molecule has 2 N–H and O–H groups in total. The first-order chi connectivity index (χ1) is 10.5. The van der Waals surface area contributed by atoms with E-state index in [-0.39, 0.29) is 5.95 Å². The van der Waals surface area contributed by atoms with Crippen LogP contribution in [-0.4, -0.2) is 9.97 Å². The Balaban J connectivity index is 2.22. The number of benzene rings is 2. The Bertz CT molecular complexity index is 833. The second kappa shape index (κ2) is 6.13. The van der Waals surface area contributed by atoms with Crippen molar-refractivity contribution in [2.45, 2.75) is 0 Å². The summed E-state index contributed by atoms with van der Waals surface area (Å²) in [5.74, 6) is 0.179. The van der Waals surface area contributed by atoms with E-state index in [0.29, 0.717) is 20.8 Å². The Hall–Kier alpha value is -1.81. The van der Waals surface area contributed by atoms with Crippen LogP contribution in [0.3, 0.4) is 0 Å². The molecule has 0 bridgehead atoms. The fraction of sp³-hybridized carbons (Fsp3) is 0. The first kappa shape index (κ1) is 15.1. The van der Waals surface area contributed by atoms with Crippen molar-refractivity contribution in [1.29, 1.82) is 0 Å². The molecule has 0 aliphatic heterocycles. The number of nitrogen functional groups attached to an aromatic ring is 1. The molecule has 1 heterocycles. The summed E-state index contributed by atoms with van der Waals surface area (Å²) in [6.45, 7) is 0. The summed E-state index contributed by atoms with van der Waals surface area (Å²) < 4.78 is 0. The molecule has 0 atom stereocenters. The van der Waals surface area contributed by atoms with Gasteiger partial charge in [0.15, 0.2) is 0 Å². The van der Waals surface area contributed by atoms with Crippen LogP contribution in [0.2, 0.25) is 15.1 Å². The number of halogens is 3. The van der Waals surface area contributed by atoms with Crippen LogP contribution in [0, 0.1) is 0 Å². The van der Waals surface area contributed by atoms with Crippen LogP contribution in [0.1, 0.15) is 0 Å². The molecule has 0 saturated carbocycles. The first-order valence-electron chi connectivity index (χ1n) is 6.38. The minimum absolute atomic E-state index is 0.179. The van der Waals surface area contributed by atoms with Gasteiger partial charge in [0.05, 0.1) is 10.7 Å². The lowest BCUT2D eigenvalue weighted by molar-refractivity contribution is 1.19. The predicted molar refractivity (Wildman–Crippen MR) is 92.3 cm³/mol. The molecule has 0 aliphatic rings. The topological polar surface area (TPSA) is 51.8 Å². The summed E-state index contributed by atoms with van der Waals surface area (Å²) in [5.41, 5.74) is 8.86. The fourth-order valence-corrected chi connectivity index (χ4v) is 2.75. The molecule has 0 spiro atoms. The second-order valence-corrected chi connectivity index (χ2v) is 5.90. The SMILES string of the molecule is Nc1ncc(-c2ccc(Cl)cc2)c(-c2ccc(Cl)cc2Cl)n1. The van der Waals surface area contributed by atoms with E-state index in [1.165, 1.54) is 0 Å². The van der Waals surface area contributed by atoms with Crippen LogP contribution in [0.4, 0.5) is 5.95 Å². The van der Waals surface area contributed by atoms with Crippen molar-refractivity contribution in [3.05, 3.63) is 63.7 Å². The van der Waals surface area contributed by atoms with E-state index < -0.39 is 0 Å². The lowest BCUT2D eigenvalue weighted by Gasteiger charge is -2.11. The summed E-state index contributed by atoms with van der Waals surface area (Å²) >= 11 is 18.2. The molecule has 0 saturated heterocycles. The molecule has 2 aromatic carbocycles. The highest BCUT2D eigenvalue weighted by molar-refractivity contribution is 6.36. The number of rotatable bonds is 2. The van der Waals surface area contributed by atoms with E-state index in [4.69, 9.17) is 40.5 Å². The Kier molecular flexibility index (Phi) is 4.21. The van der Waals surface area contributed by atoms with Gasteiger partial charge in [-0.1, -0.05) is 46.9 Å². The Morgan fingerprint density at radius 2 is 1.50 bits per heavy atom. The molecule has 110 valence electrons. The molecule has 0 fully saturated rings. The zero-order chi connectivity index (χ0) is 15.7.